The summed E-state index contributed by atoms with van der Waals surface area (Å²) < 4.78 is 14.6. The Labute approximate surface area is 89.6 Å². The van der Waals surface area contributed by atoms with Crippen LogP contribution in [0.5, 0.6) is 0 Å². The Balaban J connectivity index is 2.80. The molecule has 1 nitrogen and oxygen atoms in total. The van der Waals surface area contributed by atoms with Crippen LogP contribution in [0.15, 0.2) is 22.4 Å². The molecule has 4 heteroatoms. The van der Waals surface area contributed by atoms with E-state index in [1.807, 2.05) is 11.6 Å². The number of benzene rings is 1. The summed E-state index contributed by atoms with van der Waals surface area (Å²) in [6.07, 6.45) is 1.83. The fourth-order valence-corrected chi connectivity index (χ4v) is 2.87. The second-order valence-electron chi connectivity index (χ2n) is 2.87. The van der Waals surface area contributed by atoms with Gasteiger partial charge in [0.15, 0.2) is 0 Å². The van der Waals surface area contributed by atoms with Gasteiger partial charge in [0.25, 0.3) is 0 Å². The molecule has 2 aromatic rings. The fourth-order valence-electron chi connectivity index (χ4n) is 1.42. The number of hydrogen-bond donors (Lipinski definition) is 1. The van der Waals surface area contributed by atoms with E-state index >= 15 is 0 Å². The van der Waals surface area contributed by atoms with E-state index in [2.05, 4.69) is 0 Å². The topological polar surface area (TPSA) is 20.2 Å². The van der Waals surface area contributed by atoms with E-state index in [0.29, 0.717) is 10.3 Å². The van der Waals surface area contributed by atoms with Gasteiger partial charge in [-0.2, -0.15) is 0 Å². The summed E-state index contributed by atoms with van der Waals surface area (Å²) in [6, 6.07) is 3.48. The van der Waals surface area contributed by atoms with Crippen molar-refractivity contribution in [1.29, 1.82) is 0 Å². The minimum atomic E-state index is -0.175. The van der Waals surface area contributed by atoms with Gasteiger partial charge in [-0.25, -0.2) is 4.39 Å². The van der Waals surface area contributed by atoms with Crippen LogP contribution in [0.25, 0.3) is 10.1 Å². The quantitative estimate of drug-likeness (QED) is 0.796. The van der Waals surface area contributed by atoms with Gasteiger partial charge in [0.05, 0.1) is 6.61 Å². The lowest BCUT2D eigenvalue weighted by Gasteiger charge is -2.04. The molecular weight excluding hydrogens is 219 g/mol. The first-order chi connectivity index (χ1) is 6.77. The van der Waals surface area contributed by atoms with Crippen molar-refractivity contribution in [2.75, 3.05) is 6.26 Å². The molecular formula is C10H9FOS2. The lowest BCUT2D eigenvalue weighted by molar-refractivity contribution is 0.283. The SMILES string of the molecule is CSc1cc(CO)c2sccc2c1F. The molecule has 0 spiro atoms. The van der Waals surface area contributed by atoms with Crippen molar-refractivity contribution in [3.05, 3.63) is 28.9 Å². The highest BCUT2D eigenvalue weighted by Crippen LogP contribution is 2.33. The van der Waals surface area contributed by atoms with Gasteiger partial charge >= 0.3 is 0 Å². The average Bonchev–Trinajstić information content (AvgIpc) is 2.68. The van der Waals surface area contributed by atoms with Crippen molar-refractivity contribution < 1.29 is 9.50 Å². The van der Waals surface area contributed by atoms with E-state index in [-0.39, 0.29) is 12.4 Å². The average molecular weight is 228 g/mol. The number of hydrogen-bond acceptors (Lipinski definition) is 3. The third-order valence-electron chi connectivity index (χ3n) is 2.11. The summed E-state index contributed by atoms with van der Waals surface area (Å²) in [5.41, 5.74) is 0.806. The monoisotopic (exact) mass is 228 g/mol. The smallest absolute Gasteiger partial charge is 0.145 e. The number of rotatable bonds is 2. The predicted molar refractivity (Wildman–Crippen MR) is 59.5 cm³/mol. The molecule has 14 heavy (non-hydrogen) atoms. The molecule has 0 aliphatic carbocycles. The maximum absolute atomic E-state index is 13.7. The van der Waals surface area contributed by atoms with Crippen LogP contribution >= 0.6 is 23.1 Å². The Hall–Kier alpha value is -0.580. The summed E-state index contributed by atoms with van der Waals surface area (Å²) in [5, 5.41) is 11.6. The summed E-state index contributed by atoms with van der Waals surface area (Å²) >= 11 is 2.82. The molecule has 0 saturated carbocycles. The van der Waals surface area contributed by atoms with Crippen molar-refractivity contribution >= 4 is 33.2 Å². The molecule has 0 aliphatic rings. The fraction of sp³-hybridized carbons (Fsp3) is 0.200. The summed E-state index contributed by atoms with van der Waals surface area (Å²) in [4.78, 5) is 0.597. The highest BCUT2D eigenvalue weighted by atomic mass is 32.2. The zero-order chi connectivity index (χ0) is 10.1. The number of thioether (sulfide) groups is 1. The zero-order valence-electron chi connectivity index (χ0n) is 7.58. The molecule has 1 N–H and O–H groups in total. The van der Waals surface area contributed by atoms with Crippen LogP contribution < -0.4 is 0 Å². The number of aliphatic hydroxyl groups excluding tert-OH is 1. The molecule has 0 aliphatic heterocycles. The summed E-state index contributed by atoms with van der Waals surface area (Å²) in [6.45, 7) is -0.0369. The molecule has 0 atom stereocenters. The van der Waals surface area contributed by atoms with Gasteiger partial charge < -0.3 is 5.11 Å². The van der Waals surface area contributed by atoms with Crippen LogP contribution in [-0.4, -0.2) is 11.4 Å². The van der Waals surface area contributed by atoms with E-state index in [1.165, 1.54) is 23.1 Å². The second-order valence-corrected chi connectivity index (χ2v) is 4.64. The van der Waals surface area contributed by atoms with E-state index in [0.717, 1.165) is 10.3 Å². The van der Waals surface area contributed by atoms with Gasteiger partial charge in [0.2, 0.25) is 0 Å². The first kappa shape index (κ1) is 9.96. The molecule has 1 aromatic heterocycles. The van der Waals surface area contributed by atoms with Gasteiger partial charge in [-0.1, -0.05) is 0 Å². The molecule has 2 rings (SSSR count). The summed E-state index contributed by atoms with van der Waals surface area (Å²) in [7, 11) is 0. The Bertz CT molecular complexity index is 464. The molecule has 74 valence electrons. The number of fused-ring (bicyclic) bond motifs is 1. The lowest BCUT2D eigenvalue weighted by Crippen LogP contribution is -1.88. The van der Waals surface area contributed by atoms with Crippen LogP contribution in [0, 0.1) is 5.82 Å². The highest BCUT2D eigenvalue weighted by molar-refractivity contribution is 7.98. The zero-order valence-corrected chi connectivity index (χ0v) is 9.21. The number of thiophene rings is 1. The van der Waals surface area contributed by atoms with Crippen LogP contribution in [-0.2, 0) is 6.61 Å². The standard InChI is InChI=1S/C10H9FOS2/c1-13-8-4-6(5-12)10-7(9(8)11)2-3-14-10/h2-4,12H,5H2,1H3. The van der Waals surface area contributed by atoms with Crippen molar-refractivity contribution in [3.8, 4) is 0 Å². The van der Waals surface area contributed by atoms with Crippen LogP contribution in [0.1, 0.15) is 5.56 Å². The first-order valence-electron chi connectivity index (χ1n) is 4.11. The Morgan fingerprint density at radius 3 is 3.00 bits per heavy atom. The van der Waals surface area contributed by atoms with E-state index < -0.39 is 0 Å². The van der Waals surface area contributed by atoms with Gasteiger partial charge in [-0.3, -0.25) is 0 Å². The molecule has 0 bridgehead atoms. The molecule has 0 saturated heterocycles. The molecule has 0 radical (unpaired) electrons. The predicted octanol–water partition coefficient (Wildman–Crippen LogP) is 3.25. The molecule has 1 aromatic carbocycles. The Morgan fingerprint density at radius 2 is 2.36 bits per heavy atom. The molecule has 0 fully saturated rings. The maximum Gasteiger partial charge on any atom is 0.145 e. The minimum absolute atomic E-state index is 0.0369. The van der Waals surface area contributed by atoms with Gasteiger partial charge in [0.1, 0.15) is 5.82 Å². The Morgan fingerprint density at radius 1 is 1.57 bits per heavy atom. The molecule has 0 unspecified atom stereocenters. The lowest BCUT2D eigenvalue weighted by atomic mass is 10.1. The van der Waals surface area contributed by atoms with Gasteiger partial charge in [0, 0.05) is 15.0 Å². The highest BCUT2D eigenvalue weighted by Gasteiger charge is 2.11. The van der Waals surface area contributed by atoms with Crippen molar-refractivity contribution in [1.82, 2.24) is 0 Å². The van der Waals surface area contributed by atoms with Crippen molar-refractivity contribution in [2.24, 2.45) is 0 Å². The van der Waals surface area contributed by atoms with Crippen LogP contribution in [0.3, 0.4) is 0 Å². The van der Waals surface area contributed by atoms with Crippen LogP contribution in [0.4, 0.5) is 4.39 Å². The third kappa shape index (κ3) is 1.43. The number of halogens is 1. The van der Waals surface area contributed by atoms with E-state index in [1.54, 1.807) is 12.1 Å². The second kappa shape index (κ2) is 3.88. The van der Waals surface area contributed by atoms with Crippen molar-refractivity contribution in [2.45, 2.75) is 11.5 Å². The largest absolute Gasteiger partial charge is 0.392 e. The van der Waals surface area contributed by atoms with Crippen LogP contribution in [0.2, 0.25) is 0 Å². The maximum atomic E-state index is 13.7. The van der Waals surface area contributed by atoms with E-state index in [4.69, 9.17) is 5.11 Å². The Kier molecular flexibility index (Phi) is 2.76. The van der Waals surface area contributed by atoms with Crippen molar-refractivity contribution in [3.63, 3.8) is 0 Å². The normalized spacial score (nSPS) is 11.1. The van der Waals surface area contributed by atoms with Gasteiger partial charge in [-0.15, -0.1) is 23.1 Å². The number of aliphatic hydroxyl groups is 1. The third-order valence-corrected chi connectivity index (χ3v) is 3.83. The molecule has 1 heterocycles. The van der Waals surface area contributed by atoms with E-state index in [9.17, 15) is 4.39 Å². The molecule has 0 amide bonds. The minimum Gasteiger partial charge on any atom is -0.392 e. The first-order valence-corrected chi connectivity index (χ1v) is 6.21. The summed E-state index contributed by atoms with van der Waals surface area (Å²) in [5.74, 6) is -0.175. The van der Waals surface area contributed by atoms with Gasteiger partial charge in [-0.05, 0) is 29.3 Å².